The number of benzene rings is 1. The van der Waals surface area contributed by atoms with E-state index < -0.39 is 17.7 Å². The number of carbonyl (C=O) groups excluding carboxylic acids is 3. The highest BCUT2D eigenvalue weighted by atomic mass is 32.1. The lowest BCUT2D eigenvalue weighted by atomic mass is 10.1. The summed E-state index contributed by atoms with van der Waals surface area (Å²) in [6.45, 7) is 2.16. The van der Waals surface area contributed by atoms with Crippen molar-refractivity contribution in [1.82, 2.24) is 5.32 Å². The van der Waals surface area contributed by atoms with Gasteiger partial charge in [-0.1, -0.05) is 0 Å². The SMILES string of the molecule is CCOC(=O)Nc1ccc2c(COC(=O)CCCNC(=O)c3ccsc3)cc(=O)oc2c1. The zero-order valence-electron chi connectivity index (χ0n) is 17.3. The van der Waals surface area contributed by atoms with Crippen LogP contribution >= 0.6 is 11.3 Å². The number of hydrogen-bond donors (Lipinski definition) is 2. The summed E-state index contributed by atoms with van der Waals surface area (Å²) in [5, 5.41) is 9.42. The normalized spacial score (nSPS) is 10.5. The van der Waals surface area contributed by atoms with Crippen molar-refractivity contribution in [3.63, 3.8) is 0 Å². The lowest BCUT2D eigenvalue weighted by Gasteiger charge is -2.09. The van der Waals surface area contributed by atoms with Crippen LogP contribution < -0.4 is 16.3 Å². The fraction of sp³-hybridized carbons (Fsp3) is 0.273. The lowest BCUT2D eigenvalue weighted by Crippen LogP contribution is -2.24. The number of amides is 2. The summed E-state index contributed by atoms with van der Waals surface area (Å²) >= 11 is 1.44. The standard InChI is InChI=1S/C22H22N2O7S/c1-2-29-22(28)24-16-5-6-17-15(10-20(26)31-18(17)11-16)12-30-19(25)4-3-8-23-21(27)14-7-9-32-13-14/h5-7,9-11,13H,2-4,8,12H2,1H3,(H,23,27)(H,24,28). The molecule has 0 bridgehead atoms. The Morgan fingerprint density at radius 3 is 2.72 bits per heavy atom. The molecule has 0 radical (unpaired) electrons. The van der Waals surface area contributed by atoms with Crippen LogP contribution in [0.15, 0.2) is 50.3 Å². The molecule has 32 heavy (non-hydrogen) atoms. The van der Waals surface area contributed by atoms with Crippen LogP contribution in [-0.2, 0) is 20.9 Å². The number of carbonyl (C=O) groups is 3. The molecule has 1 aromatic carbocycles. The maximum absolute atomic E-state index is 12.1. The molecule has 3 aromatic rings. The molecule has 3 rings (SSSR count). The highest BCUT2D eigenvalue weighted by Crippen LogP contribution is 2.22. The van der Waals surface area contributed by atoms with Crippen LogP contribution in [0.2, 0.25) is 0 Å². The van der Waals surface area contributed by atoms with E-state index >= 15 is 0 Å². The minimum Gasteiger partial charge on any atom is -0.461 e. The molecule has 168 valence electrons. The van der Waals surface area contributed by atoms with Gasteiger partial charge in [-0.25, -0.2) is 9.59 Å². The average molecular weight is 458 g/mol. The largest absolute Gasteiger partial charge is 0.461 e. The van der Waals surface area contributed by atoms with E-state index in [0.29, 0.717) is 35.2 Å². The Bertz CT molecular complexity index is 1150. The Morgan fingerprint density at radius 2 is 1.97 bits per heavy atom. The number of nitrogens with one attached hydrogen (secondary N) is 2. The first kappa shape index (κ1) is 23.0. The van der Waals surface area contributed by atoms with E-state index in [4.69, 9.17) is 13.9 Å². The zero-order valence-corrected chi connectivity index (χ0v) is 18.2. The first-order valence-corrected chi connectivity index (χ1v) is 10.9. The molecule has 0 atom stereocenters. The summed E-state index contributed by atoms with van der Waals surface area (Å²) in [5.41, 5.74) is 1.12. The van der Waals surface area contributed by atoms with Crippen molar-refractivity contribution in [2.45, 2.75) is 26.4 Å². The maximum Gasteiger partial charge on any atom is 0.411 e. The Balaban J connectivity index is 1.53. The Kier molecular flexibility index (Phi) is 7.98. The maximum atomic E-state index is 12.1. The monoisotopic (exact) mass is 458 g/mol. The van der Waals surface area contributed by atoms with Crippen molar-refractivity contribution in [2.24, 2.45) is 0 Å². The molecule has 0 aliphatic heterocycles. The first-order chi connectivity index (χ1) is 15.5. The van der Waals surface area contributed by atoms with Gasteiger partial charge in [0.2, 0.25) is 0 Å². The predicted octanol–water partition coefficient (Wildman–Crippen LogP) is 3.68. The summed E-state index contributed by atoms with van der Waals surface area (Å²) in [7, 11) is 0. The van der Waals surface area contributed by atoms with Crippen molar-refractivity contribution in [2.75, 3.05) is 18.5 Å². The van der Waals surface area contributed by atoms with E-state index in [-0.39, 0.29) is 31.1 Å². The van der Waals surface area contributed by atoms with E-state index in [1.807, 2.05) is 5.38 Å². The van der Waals surface area contributed by atoms with Gasteiger partial charge in [-0.05, 0) is 36.9 Å². The lowest BCUT2D eigenvalue weighted by molar-refractivity contribution is -0.145. The van der Waals surface area contributed by atoms with Crippen LogP contribution in [0.25, 0.3) is 11.0 Å². The molecule has 2 heterocycles. The van der Waals surface area contributed by atoms with Crippen molar-refractivity contribution >= 4 is 46.0 Å². The van der Waals surface area contributed by atoms with Crippen molar-refractivity contribution in [3.05, 3.63) is 62.6 Å². The molecule has 0 fully saturated rings. The molecule has 0 aliphatic rings. The third kappa shape index (κ3) is 6.42. The second kappa shape index (κ2) is 11.1. The first-order valence-electron chi connectivity index (χ1n) is 9.93. The third-order valence-electron chi connectivity index (χ3n) is 4.37. The molecule has 0 unspecified atom stereocenters. The van der Waals surface area contributed by atoms with Gasteiger partial charge in [0.05, 0.1) is 6.61 Å². The van der Waals surface area contributed by atoms with Crippen LogP contribution in [0.4, 0.5) is 10.5 Å². The van der Waals surface area contributed by atoms with Crippen molar-refractivity contribution < 1.29 is 28.3 Å². The molecule has 9 nitrogen and oxygen atoms in total. The fourth-order valence-electron chi connectivity index (χ4n) is 2.87. The van der Waals surface area contributed by atoms with Crippen LogP contribution in [-0.4, -0.2) is 31.1 Å². The molecular formula is C22H22N2O7S. The van der Waals surface area contributed by atoms with E-state index in [9.17, 15) is 19.2 Å². The smallest absolute Gasteiger partial charge is 0.411 e. The number of thiophene rings is 1. The Labute approximate surface area is 187 Å². The predicted molar refractivity (Wildman–Crippen MR) is 119 cm³/mol. The van der Waals surface area contributed by atoms with E-state index in [1.165, 1.54) is 23.5 Å². The van der Waals surface area contributed by atoms with Gasteiger partial charge in [0.1, 0.15) is 12.2 Å². The number of rotatable bonds is 9. The molecule has 0 saturated carbocycles. The Hall–Kier alpha value is -3.66. The fourth-order valence-corrected chi connectivity index (χ4v) is 3.51. The molecule has 0 saturated heterocycles. The van der Waals surface area contributed by atoms with Crippen LogP contribution in [0.3, 0.4) is 0 Å². The highest BCUT2D eigenvalue weighted by Gasteiger charge is 2.11. The number of anilines is 1. The van der Waals surface area contributed by atoms with Gasteiger partial charge >= 0.3 is 17.7 Å². The summed E-state index contributed by atoms with van der Waals surface area (Å²) < 4.78 is 15.3. The van der Waals surface area contributed by atoms with Gasteiger partial charge in [0.25, 0.3) is 5.91 Å². The van der Waals surface area contributed by atoms with E-state index in [2.05, 4.69) is 10.6 Å². The van der Waals surface area contributed by atoms with Gasteiger partial charge in [-0.15, -0.1) is 0 Å². The van der Waals surface area contributed by atoms with Gasteiger partial charge in [-0.3, -0.25) is 14.9 Å². The number of ether oxygens (including phenoxy) is 2. The second-order valence-corrected chi connectivity index (χ2v) is 7.46. The minimum absolute atomic E-state index is 0.104. The zero-order chi connectivity index (χ0) is 22.9. The quantitative estimate of drug-likeness (QED) is 0.285. The van der Waals surface area contributed by atoms with Crippen LogP contribution in [0.5, 0.6) is 0 Å². The van der Waals surface area contributed by atoms with Gasteiger partial charge < -0.3 is 19.2 Å². The van der Waals surface area contributed by atoms with Crippen LogP contribution in [0, 0.1) is 0 Å². The number of esters is 1. The molecule has 0 spiro atoms. The van der Waals surface area contributed by atoms with Gasteiger partial charge in [0, 0.05) is 52.7 Å². The molecule has 0 aliphatic carbocycles. The second-order valence-electron chi connectivity index (χ2n) is 6.68. The summed E-state index contributed by atoms with van der Waals surface area (Å²) in [5.74, 6) is -0.629. The van der Waals surface area contributed by atoms with Gasteiger partial charge in [0.15, 0.2) is 0 Å². The number of fused-ring (bicyclic) bond motifs is 1. The van der Waals surface area contributed by atoms with Gasteiger partial charge in [-0.2, -0.15) is 11.3 Å². The topological polar surface area (TPSA) is 124 Å². The van der Waals surface area contributed by atoms with Crippen molar-refractivity contribution in [3.8, 4) is 0 Å². The van der Waals surface area contributed by atoms with Crippen LogP contribution in [0.1, 0.15) is 35.7 Å². The molecule has 2 aromatic heterocycles. The highest BCUT2D eigenvalue weighted by molar-refractivity contribution is 7.08. The minimum atomic E-state index is -0.620. The number of hydrogen-bond acceptors (Lipinski definition) is 8. The summed E-state index contributed by atoms with van der Waals surface area (Å²) in [4.78, 5) is 47.4. The average Bonchev–Trinajstić information content (AvgIpc) is 3.30. The molecule has 2 N–H and O–H groups in total. The summed E-state index contributed by atoms with van der Waals surface area (Å²) in [6.07, 6.45) is -0.0718. The molecule has 2 amide bonds. The van der Waals surface area contributed by atoms with Crippen molar-refractivity contribution in [1.29, 1.82) is 0 Å². The molecule has 10 heteroatoms. The summed E-state index contributed by atoms with van der Waals surface area (Å²) in [6, 6.07) is 7.76. The molecular weight excluding hydrogens is 436 g/mol. The Morgan fingerprint density at radius 1 is 1.12 bits per heavy atom. The third-order valence-corrected chi connectivity index (χ3v) is 5.05. The van der Waals surface area contributed by atoms with E-state index in [1.54, 1.807) is 30.5 Å². The van der Waals surface area contributed by atoms with E-state index in [0.717, 1.165) is 0 Å².